The summed E-state index contributed by atoms with van der Waals surface area (Å²) in [5.74, 6) is 0.336. The Morgan fingerprint density at radius 1 is 0.756 bits per heavy atom. The van der Waals surface area contributed by atoms with E-state index in [1.165, 1.54) is 93.5 Å². The molecule has 0 aliphatic carbocycles. The molecule has 41 heavy (non-hydrogen) atoms. The molecule has 10 heteroatoms. The molecule has 1 amide bonds. The third-order valence-corrected chi connectivity index (χ3v) is 8.08. The first-order chi connectivity index (χ1) is 19.8. The van der Waals surface area contributed by atoms with Gasteiger partial charge in [0.15, 0.2) is 0 Å². The van der Waals surface area contributed by atoms with Gasteiger partial charge in [0.25, 0.3) is 5.56 Å². The van der Waals surface area contributed by atoms with Gasteiger partial charge in [0.05, 0.1) is 20.8 Å². The number of nitrogens with zero attached hydrogens (tertiary/aromatic N) is 1. The summed E-state index contributed by atoms with van der Waals surface area (Å²) in [5.41, 5.74) is 1.04. The predicted octanol–water partition coefficient (Wildman–Crippen LogP) is 10.9. The van der Waals surface area contributed by atoms with Crippen molar-refractivity contribution < 1.29 is 4.79 Å². The van der Waals surface area contributed by atoms with Gasteiger partial charge in [0, 0.05) is 23.2 Å². The Morgan fingerprint density at radius 2 is 1.32 bits per heavy atom. The Bertz CT molecular complexity index is 1300. The first-order valence-electron chi connectivity index (χ1n) is 14.6. The summed E-state index contributed by atoms with van der Waals surface area (Å²) in [7, 11) is 0. The first kappa shape index (κ1) is 33.4. The average Bonchev–Trinajstić information content (AvgIpc) is 3.27. The number of rotatable bonds is 18. The van der Waals surface area contributed by atoms with Crippen LogP contribution in [0, 0.1) is 0 Å². The van der Waals surface area contributed by atoms with Crippen LogP contribution in [-0.4, -0.2) is 15.7 Å². The number of hydrogen-bond donors (Lipinski definition) is 3. The lowest BCUT2D eigenvalue weighted by atomic mass is 10.0. The molecule has 0 saturated carbocycles. The maximum atomic E-state index is 12.6. The number of H-pyrrole nitrogens is 1. The third kappa shape index (κ3) is 11.2. The van der Waals surface area contributed by atoms with Crippen molar-refractivity contribution in [1.29, 1.82) is 0 Å². The minimum atomic E-state index is -0.378. The molecular formula is C31H40Cl4N4O2. The molecule has 2 aromatic carbocycles. The van der Waals surface area contributed by atoms with E-state index in [0.717, 1.165) is 12.8 Å². The van der Waals surface area contributed by atoms with E-state index >= 15 is 0 Å². The molecule has 0 bridgehead atoms. The SMILES string of the molecule is CCCCCCCCCCCCCCCC(=O)Nc1ccc(Cl)c(Nc2cc(=O)n(-c3c(Cl)cc(Cl)cc3Cl)[nH]2)c1. The number of carbonyl (C=O) groups excluding carboxylic acids is 1. The van der Waals surface area contributed by atoms with E-state index in [2.05, 4.69) is 22.7 Å². The summed E-state index contributed by atoms with van der Waals surface area (Å²) in [6, 6.07) is 9.53. The van der Waals surface area contributed by atoms with E-state index in [4.69, 9.17) is 46.4 Å². The lowest BCUT2D eigenvalue weighted by Gasteiger charge is -2.11. The zero-order valence-electron chi connectivity index (χ0n) is 23.6. The number of aromatic amines is 1. The van der Waals surface area contributed by atoms with Crippen molar-refractivity contribution in [3.05, 3.63) is 66.8 Å². The second-order valence-electron chi connectivity index (χ2n) is 10.4. The van der Waals surface area contributed by atoms with Crippen LogP contribution < -0.4 is 16.2 Å². The highest BCUT2D eigenvalue weighted by Crippen LogP contribution is 2.32. The summed E-state index contributed by atoms with van der Waals surface area (Å²) < 4.78 is 1.22. The van der Waals surface area contributed by atoms with Crippen molar-refractivity contribution in [3.8, 4) is 5.69 Å². The summed E-state index contributed by atoms with van der Waals surface area (Å²) in [6.45, 7) is 2.26. The number of anilines is 3. The van der Waals surface area contributed by atoms with Crippen molar-refractivity contribution in [3.63, 3.8) is 0 Å². The van der Waals surface area contributed by atoms with Gasteiger partial charge in [-0.25, -0.2) is 4.68 Å². The Balaban J connectivity index is 1.41. The second kappa shape index (κ2) is 17.7. The van der Waals surface area contributed by atoms with Gasteiger partial charge in [-0.15, -0.1) is 0 Å². The van der Waals surface area contributed by atoms with Crippen LogP contribution in [0.4, 0.5) is 17.2 Å². The molecule has 0 unspecified atom stereocenters. The van der Waals surface area contributed by atoms with E-state index in [9.17, 15) is 9.59 Å². The molecule has 1 aromatic heterocycles. The molecule has 224 valence electrons. The molecular weight excluding hydrogens is 602 g/mol. The van der Waals surface area contributed by atoms with Gasteiger partial charge in [-0.2, -0.15) is 0 Å². The molecule has 3 N–H and O–H groups in total. The molecule has 0 aliphatic heterocycles. The van der Waals surface area contributed by atoms with Gasteiger partial charge >= 0.3 is 0 Å². The monoisotopic (exact) mass is 640 g/mol. The third-order valence-electron chi connectivity index (χ3n) is 6.95. The lowest BCUT2D eigenvalue weighted by molar-refractivity contribution is -0.116. The van der Waals surface area contributed by atoms with Gasteiger partial charge in [0.2, 0.25) is 5.91 Å². The van der Waals surface area contributed by atoms with Gasteiger partial charge < -0.3 is 10.6 Å². The molecule has 0 saturated heterocycles. The van der Waals surface area contributed by atoms with Crippen molar-refractivity contribution in [2.24, 2.45) is 0 Å². The number of amides is 1. The highest BCUT2D eigenvalue weighted by Gasteiger charge is 2.15. The van der Waals surface area contributed by atoms with E-state index in [1.807, 2.05) is 0 Å². The van der Waals surface area contributed by atoms with Crippen molar-refractivity contribution in [2.75, 3.05) is 10.6 Å². The van der Waals surface area contributed by atoms with Crippen LogP contribution in [0.25, 0.3) is 5.69 Å². The highest BCUT2D eigenvalue weighted by atomic mass is 35.5. The van der Waals surface area contributed by atoms with E-state index < -0.39 is 0 Å². The lowest BCUT2D eigenvalue weighted by Crippen LogP contribution is -2.14. The quantitative estimate of drug-likeness (QED) is 0.121. The van der Waals surface area contributed by atoms with Crippen LogP contribution in [0.15, 0.2) is 41.2 Å². The molecule has 3 aromatic rings. The maximum absolute atomic E-state index is 12.6. The largest absolute Gasteiger partial charge is 0.339 e. The number of aromatic nitrogens is 2. The number of nitrogens with one attached hydrogen (secondary N) is 3. The zero-order chi connectivity index (χ0) is 29.6. The van der Waals surface area contributed by atoms with E-state index in [-0.39, 0.29) is 27.2 Å². The van der Waals surface area contributed by atoms with Crippen LogP contribution in [0.3, 0.4) is 0 Å². The van der Waals surface area contributed by atoms with Crippen LogP contribution >= 0.6 is 46.4 Å². The Morgan fingerprint density at radius 3 is 1.90 bits per heavy atom. The fourth-order valence-corrected chi connectivity index (χ4v) is 5.90. The number of hydrogen-bond acceptors (Lipinski definition) is 3. The zero-order valence-corrected chi connectivity index (χ0v) is 26.7. The maximum Gasteiger partial charge on any atom is 0.273 e. The minimum Gasteiger partial charge on any atom is -0.339 e. The molecule has 0 atom stereocenters. The standard InChI is InChI=1S/C31H40Cl4N4O2/c1-2-3-4-5-6-7-8-9-10-11-12-13-14-15-29(40)36-23-16-17-24(33)27(20-23)37-28-21-30(41)39(38-28)31-25(34)18-22(32)19-26(31)35/h16-21,37-38H,2-15H2,1H3,(H,36,40). The van der Waals surface area contributed by atoms with Crippen LogP contribution in [-0.2, 0) is 4.79 Å². The van der Waals surface area contributed by atoms with Crippen molar-refractivity contribution in [2.45, 2.75) is 96.8 Å². The van der Waals surface area contributed by atoms with Gasteiger partial charge in [0.1, 0.15) is 11.5 Å². The topological polar surface area (TPSA) is 78.9 Å². The summed E-state index contributed by atoms with van der Waals surface area (Å²) in [6.07, 6.45) is 17.0. The molecule has 3 rings (SSSR count). The van der Waals surface area contributed by atoms with E-state index in [1.54, 1.807) is 18.2 Å². The van der Waals surface area contributed by atoms with Crippen LogP contribution in [0.5, 0.6) is 0 Å². The number of carbonyl (C=O) groups is 1. The van der Waals surface area contributed by atoms with Crippen LogP contribution in [0.2, 0.25) is 20.1 Å². The van der Waals surface area contributed by atoms with Gasteiger partial charge in [-0.1, -0.05) is 130 Å². The molecule has 0 spiro atoms. The Hall–Kier alpha value is -2.12. The summed E-state index contributed by atoms with van der Waals surface area (Å²) in [5, 5.41) is 10.2. The Kier molecular flexibility index (Phi) is 14.5. The van der Waals surface area contributed by atoms with Crippen molar-refractivity contribution in [1.82, 2.24) is 9.78 Å². The Labute approximate surface area is 263 Å². The number of halogens is 4. The average molecular weight is 642 g/mol. The van der Waals surface area contributed by atoms with E-state index in [0.29, 0.717) is 33.7 Å². The smallest absolute Gasteiger partial charge is 0.273 e. The minimum absolute atomic E-state index is 0.0343. The first-order valence-corrected chi connectivity index (χ1v) is 16.1. The fourth-order valence-electron chi connectivity index (χ4n) is 4.74. The number of unbranched alkanes of at least 4 members (excludes halogenated alkanes) is 12. The summed E-state index contributed by atoms with van der Waals surface area (Å²) in [4.78, 5) is 25.1. The highest BCUT2D eigenvalue weighted by molar-refractivity contribution is 6.40. The normalized spacial score (nSPS) is 11.1. The van der Waals surface area contributed by atoms with Crippen LogP contribution in [0.1, 0.15) is 96.8 Å². The molecule has 0 radical (unpaired) electrons. The molecule has 0 fully saturated rings. The number of benzene rings is 2. The molecule has 0 aliphatic rings. The predicted molar refractivity (Wildman–Crippen MR) is 175 cm³/mol. The molecule has 1 heterocycles. The molecule has 6 nitrogen and oxygen atoms in total. The van der Waals surface area contributed by atoms with Crippen molar-refractivity contribution >= 4 is 69.5 Å². The summed E-state index contributed by atoms with van der Waals surface area (Å²) >= 11 is 24.9. The van der Waals surface area contributed by atoms with Gasteiger partial charge in [-0.3, -0.25) is 14.7 Å². The fraction of sp³-hybridized carbons (Fsp3) is 0.484. The van der Waals surface area contributed by atoms with Gasteiger partial charge in [-0.05, 0) is 36.8 Å². The second-order valence-corrected chi connectivity index (χ2v) is 12.1.